The van der Waals surface area contributed by atoms with Crippen LogP contribution in [0.15, 0.2) is 24.3 Å². The largest absolute Gasteiger partial charge is 0.460 e. The summed E-state index contributed by atoms with van der Waals surface area (Å²) < 4.78 is 161. The highest BCUT2D eigenvalue weighted by atomic mass is 19.4. The SMILES string of the molecule is COC(C)(CC(F)(F)C(F)(F)C(F)(F)C(F)(F)C(F)(F)F)c1ccc(F)cc1. The standard InChI is InChI=1S/C15H12F12O/c1-10(28-2,8-3-5-9(16)6-4-8)7-11(17,18)12(19,20)13(21,22)14(23,24)15(25,26)27/h3-6H,7H2,1-2H3. The van der Waals surface area contributed by atoms with Crippen LogP contribution in [-0.4, -0.2) is 37.0 Å². The number of alkyl halides is 11. The lowest BCUT2D eigenvalue weighted by Crippen LogP contribution is -2.67. The Balaban J connectivity index is 3.40. The third kappa shape index (κ3) is 3.77. The lowest BCUT2D eigenvalue weighted by molar-refractivity contribution is -0.424. The average molecular weight is 436 g/mol. The van der Waals surface area contributed by atoms with Gasteiger partial charge < -0.3 is 4.74 Å². The first-order chi connectivity index (χ1) is 12.3. The lowest BCUT2D eigenvalue weighted by atomic mass is 9.85. The summed E-state index contributed by atoms with van der Waals surface area (Å²) >= 11 is 0. The van der Waals surface area contributed by atoms with E-state index in [4.69, 9.17) is 0 Å². The molecule has 0 spiro atoms. The summed E-state index contributed by atoms with van der Waals surface area (Å²) in [7, 11) is 0.667. The minimum absolute atomic E-state index is 0.447. The van der Waals surface area contributed by atoms with Gasteiger partial charge in [-0.3, -0.25) is 0 Å². The third-order valence-corrected chi connectivity index (χ3v) is 4.07. The van der Waals surface area contributed by atoms with Gasteiger partial charge in [0.25, 0.3) is 0 Å². The summed E-state index contributed by atoms with van der Waals surface area (Å²) in [5.74, 6) is -29.1. The molecule has 0 heterocycles. The highest BCUT2D eigenvalue weighted by Gasteiger charge is 2.87. The fourth-order valence-electron chi connectivity index (χ4n) is 2.23. The van der Waals surface area contributed by atoms with Gasteiger partial charge in [0, 0.05) is 7.11 Å². The second-order valence-electron chi connectivity index (χ2n) is 6.04. The zero-order valence-electron chi connectivity index (χ0n) is 14.0. The summed E-state index contributed by atoms with van der Waals surface area (Å²) in [5.41, 5.74) is -3.01. The molecule has 1 rings (SSSR count). The molecule has 1 nitrogen and oxygen atoms in total. The molecule has 1 unspecified atom stereocenters. The van der Waals surface area contributed by atoms with E-state index in [1.165, 1.54) is 0 Å². The van der Waals surface area contributed by atoms with Crippen LogP contribution < -0.4 is 0 Å². The van der Waals surface area contributed by atoms with Crippen LogP contribution in [0.4, 0.5) is 52.7 Å². The van der Waals surface area contributed by atoms with Gasteiger partial charge in [-0.05, 0) is 24.6 Å². The molecule has 0 saturated heterocycles. The molecular weight excluding hydrogens is 424 g/mol. The summed E-state index contributed by atoms with van der Waals surface area (Å²) in [6, 6.07) is 2.87. The van der Waals surface area contributed by atoms with E-state index < -0.39 is 53.3 Å². The molecule has 1 aromatic carbocycles. The number of benzene rings is 1. The van der Waals surface area contributed by atoms with Crippen molar-refractivity contribution in [2.45, 2.75) is 48.8 Å². The second kappa shape index (κ2) is 6.99. The highest BCUT2D eigenvalue weighted by molar-refractivity contribution is 5.24. The van der Waals surface area contributed by atoms with Crippen molar-refractivity contribution in [2.24, 2.45) is 0 Å². The molecular formula is C15H12F12O. The van der Waals surface area contributed by atoms with Gasteiger partial charge in [-0.25, -0.2) is 4.39 Å². The zero-order chi connectivity index (χ0) is 22.4. The fourth-order valence-corrected chi connectivity index (χ4v) is 2.23. The van der Waals surface area contributed by atoms with Gasteiger partial charge in [-0.2, -0.15) is 48.3 Å². The Morgan fingerprint density at radius 1 is 0.714 bits per heavy atom. The van der Waals surface area contributed by atoms with E-state index in [0.29, 0.717) is 26.2 Å². The summed E-state index contributed by atoms with van der Waals surface area (Å²) in [5, 5.41) is 0. The first kappa shape index (κ1) is 24.4. The van der Waals surface area contributed by atoms with Gasteiger partial charge >= 0.3 is 29.9 Å². The van der Waals surface area contributed by atoms with Crippen LogP contribution in [0.5, 0.6) is 0 Å². The van der Waals surface area contributed by atoms with Crippen LogP contribution in [-0.2, 0) is 10.3 Å². The second-order valence-corrected chi connectivity index (χ2v) is 6.04. The van der Waals surface area contributed by atoms with E-state index in [1.807, 2.05) is 0 Å². The van der Waals surface area contributed by atoms with Crippen molar-refractivity contribution in [3.63, 3.8) is 0 Å². The Morgan fingerprint density at radius 2 is 1.14 bits per heavy atom. The molecule has 1 atom stereocenters. The highest BCUT2D eigenvalue weighted by Crippen LogP contribution is 2.59. The number of rotatable bonds is 7. The van der Waals surface area contributed by atoms with Crippen molar-refractivity contribution in [3.8, 4) is 0 Å². The van der Waals surface area contributed by atoms with E-state index in [0.717, 1.165) is 12.1 Å². The van der Waals surface area contributed by atoms with Crippen molar-refractivity contribution in [1.82, 2.24) is 0 Å². The van der Waals surface area contributed by atoms with Crippen LogP contribution in [0.1, 0.15) is 18.9 Å². The fraction of sp³-hybridized carbons (Fsp3) is 0.600. The molecule has 0 aliphatic heterocycles. The maximum Gasteiger partial charge on any atom is 0.460 e. The molecule has 0 aliphatic rings. The Bertz CT molecular complexity index is 679. The molecule has 0 saturated carbocycles. The van der Waals surface area contributed by atoms with Crippen molar-refractivity contribution in [1.29, 1.82) is 0 Å². The first-order valence-corrected chi connectivity index (χ1v) is 7.16. The van der Waals surface area contributed by atoms with Crippen LogP contribution >= 0.6 is 0 Å². The van der Waals surface area contributed by atoms with Gasteiger partial charge in [0.05, 0.1) is 12.0 Å². The van der Waals surface area contributed by atoms with Gasteiger partial charge in [-0.15, -0.1) is 0 Å². The Kier molecular flexibility index (Phi) is 6.09. The predicted octanol–water partition coefficient (Wildman–Crippen LogP) is 6.18. The van der Waals surface area contributed by atoms with Gasteiger partial charge in [0.15, 0.2) is 0 Å². The minimum atomic E-state index is -7.49. The van der Waals surface area contributed by atoms with E-state index >= 15 is 0 Å². The molecule has 13 heteroatoms. The zero-order valence-corrected chi connectivity index (χ0v) is 14.0. The molecule has 0 amide bonds. The van der Waals surface area contributed by atoms with E-state index in [1.54, 1.807) is 0 Å². The number of hydrogen-bond donors (Lipinski definition) is 0. The van der Waals surface area contributed by atoms with E-state index in [9.17, 15) is 52.7 Å². The van der Waals surface area contributed by atoms with E-state index in [-0.39, 0.29) is 0 Å². The Morgan fingerprint density at radius 3 is 1.50 bits per heavy atom. The van der Waals surface area contributed by atoms with Gasteiger partial charge in [0.1, 0.15) is 5.82 Å². The third-order valence-electron chi connectivity index (χ3n) is 4.07. The predicted molar refractivity (Wildman–Crippen MR) is 71.2 cm³/mol. The van der Waals surface area contributed by atoms with Crippen molar-refractivity contribution in [3.05, 3.63) is 35.6 Å². The van der Waals surface area contributed by atoms with Crippen molar-refractivity contribution < 1.29 is 57.4 Å². The maximum absolute atomic E-state index is 14.0. The van der Waals surface area contributed by atoms with Crippen LogP contribution in [0.2, 0.25) is 0 Å². The molecule has 162 valence electrons. The molecule has 28 heavy (non-hydrogen) atoms. The molecule has 1 aromatic rings. The van der Waals surface area contributed by atoms with Crippen molar-refractivity contribution in [2.75, 3.05) is 7.11 Å². The van der Waals surface area contributed by atoms with Crippen LogP contribution in [0.3, 0.4) is 0 Å². The molecule has 0 fully saturated rings. The smallest absolute Gasteiger partial charge is 0.374 e. The minimum Gasteiger partial charge on any atom is -0.374 e. The normalized spacial score (nSPS) is 16.8. The number of methoxy groups -OCH3 is 1. The molecule has 0 aromatic heterocycles. The molecule has 0 N–H and O–H groups in total. The van der Waals surface area contributed by atoms with Crippen LogP contribution in [0, 0.1) is 5.82 Å². The summed E-state index contributed by atoms with van der Waals surface area (Å²) in [4.78, 5) is 0. The monoisotopic (exact) mass is 436 g/mol. The molecule has 0 aliphatic carbocycles. The Hall–Kier alpha value is -1.66. The lowest BCUT2D eigenvalue weighted by Gasteiger charge is -2.40. The summed E-state index contributed by atoms with van der Waals surface area (Å²) in [6.45, 7) is 0.657. The van der Waals surface area contributed by atoms with Gasteiger partial charge in [-0.1, -0.05) is 12.1 Å². The van der Waals surface area contributed by atoms with Crippen molar-refractivity contribution >= 4 is 0 Å². The number of ether oxygens (including phenoxy) is 1. The maximum atomic E-state index is 14.0. The van der Waals surface area contributed by atoms with Gasteiger partial charge in [0.2, 0.25) is 0 Å². The topological polar surface area (TPSA) is 9.23 Å². The first-order valence-electron chi connectivity index (χ1n) is 7.16. The molecule has 0 bridgehead atoms. The molecule has 0 radical (unpaired) electrons. The van der Waals surface area contributed by atoms with Crippen LogP contribution in [0.25, 0.3) is 0 Å². The Labute approximate surface area is 150 Å². The quantitative estimate of drug-likeness (QED) is 0.464. The summed E-state index contributed by atoms with van der Waals surface area (Å²) in [6.07, 6.45) is -9.64. The number of halogens is 12. The average Bonchev–Trinajstić information content (AvgIpc) is 2.53. The van der Waals surface area contributed by atoms with E-state index in [2.05, 4.69) is 4.74 Å². The number of hydrogen-bond acceptors (Lipinski definition) is 1.